The van der Waals surface area contributed by atoms with Crippen molar-refractivity contribution in [3.63, 3.8) is 0 Å². The predicted octanol–water partition coefficient (Wildman–Crippen LogP) is 3.83. The number of ether oxygens (including phenoxy) is 1. The zero-order valence-electron chi connectivity index (χ0n) is 16.2. The molecule has 0 saturated heterocycles. The molecule has 0 atom stereocenters. The van der Waals surface area contributed by atoms with Crippen LogP contribution in [0.2, 0.25) is 0 Å². The number of benzene rings is 1. The van der Waals surface area contributed by atoms with Gasteiger partial charge in [-0.1, -0.05) is 18.2 Å². The summed E-state index contributed by atoms with van der Waals surface area (Å²) in [6.07, 6.45) is 1.35. The van der Waals surface area contributed by atoms with Crippen molar-refractivity contribution in [2.24, 2.45) is 0 Å². The van der Waals surface area contributed by atoms with Gasteiger partial charge in [0.05, 0.1) is 12.7 Å². The van der Waals surface area contributed by atoms with Crippen LogP contribution >= 0.6 is 0 Å². The number of hydrogen-bond donors (Lipinski definition) is 1. The number of rotatable bonds is 5. The first-order chi connectivity index (χ1) is 13.9. The number of aryl methyl sites for hydroxylation is 2. The maximum Gasteiger partial charge on any atom is 0.338 e. The van der Waals surface area contributed by atoms with Gasteiger partial charge in [0.25, 0.3) is 5.91 Å². The fourth-order valence-corrected chi connectivity index (χ4v) is 2.86. The van der Waals surface area contributed by atoms with Crippen LogP contribution < -0.4 is 5.43 Å². The monoisotopic (exact) mass is 389 g/mol. The van der Waals surface area contributed by atoms with Crippen molar-refractivity contribution in [1.29, 1.82) is 5.26 Å². The Morgan fingerprint density at radius 1 is 1.10 bits per heavy atom. The molecule has 3 rings (SSSR count). The van der Waals surface area contributed by atoms with Crippen LogP contribution in [0, 0.1) is 25.2 Å². The van der Waals surface area contributed by atoms with Gasteiger partial charge in [0.2, 0.25) is 0 Å². The molecule has 1 amide bonds. The Balaban J connectivity index is 1.88. The summed E-state index contributed by atoms with van der Waals surface area (Å²) in [7, 11) is 1.31. The van der Waals surface area contributed by atoms with Gasteiger partial charge in [-0.05, 0) is 44.2 Å². The highest BCUT2D eigenvalue weighted by atomic mass is 16.5. The number of nitrogens with zero attached hydrogens (tertiary/aromatic N) is 2. The Morgan fingerprint density at radius 2 is 1.79 bits per heavy atom. The van der Waals surface area contributed by atoms with Crippen LogP contribution in [0.3, 0.4) is 0 Å². The van der Waals surface area contributed by atoms with Crippen LogP contribution in [0.1, 0.15) is 27.5 Å². The Labute approximate surface area is 167 Å². The van der Waals surface area contributed by atoms with Crippen molar-refractivity contribution in [3.8, 4) is 17.4 Å². The van der Waals surface area contributed by atoms with Crippen molar-refractivity contribution >= 4 is 18.0 Å². The van der Waals surface area contributed by atoms with E-state index in [0.29, 0.717) is 22.6 Å². The highest BCUT2D eigenvalue weighted by Gasteiger charge is 2.16. The minimum atomic E-state index is -0.553. The summed E-state index contributed by atoms with van der Waals surface area (Å²) >= 11 is 0. The maximum atomic E-state index is 12.5. The normalized spacial score (nSPS) is 11.0. The van der Waals surface area contributed by atoms with E-state index < -0.39 is 11.9 Å². The molecular weight excluding hydrogens is 370 g/mol. The van der Waals surface area contributed by atoms with Gasteiger partial charge in [-0.3, -0.25) is 14.9 Å². The highest BCUT2D eigenvalue weighted by Crippen LogP contribution is 2.27. The number of carbonyl (C=O) groups excluding carboxylic acids is 2. The molecule has 7 heteroatoms. The van der Waals surface area contributed by atoms with Crippen LogP contribution in [0.5, 0.6) is 0 Å². The van der Waals surface area contributed by atoms with Gasteiger partial charge in [-0.15, -0.1) is 0 Å². The van der Waals surface area contributed by atoms with Crippen molar-refractivity contribution in [3.05, 3.63) is 76.8 Å². The highest BCUT2D eigenvalue weighted by molar-refractivity contribution is 6.06. The summed E-state index contributed by atoms with van der Waals surface area (Å²) in [5.41, 5.74) is 5.17. The number of carbonyl (C=O) groups is 2. The molecule has 0 aliphatic rings. The van der Waals surface area contributed by atoms with Crippen molar-refractivity contribution in [2.75, 3.05) is 12.5 Å². The van der Waals surface area contributed by atoms with Crippen LogP contribution in [-0.2, 0) is 9.53 Å². The first kappa shape index (κ1) is 19.7. The van der Waals surface area contributed by atoms with E-state index in [2.05, 4.69) is 5.43 Å². The molecule has 0 saturated carbocycles. The Bertz CT molecular complexity index is 1130. The van der Waals surface area contributed by atoms with E-state index in [-0.39, 0.29) is 5.57 Å². The van der Waals surface area contributed by atoms with Crippen molar-refractivity contribution in [1.82, 2.24) is 4.68 Å². The second kappa shape index (κ2) is 8.31. The predicted molar refractivity (Wildman–Crippen MR) is 107 cm³/mol. The number of amides is 1. The number of nitrogens with one attached hydrogen (secondary N) is 1. The summed E-state index contributed by atoms with van der Waals surface area (Å²) < 4.78 is 12.1. The SMILES string of the molecule is COC(=O)c1ccccc1-c1ccc(/C=C(/C#N)C(=O)Nn2c(C)ccc2C)o1. The van der Waals surface area contributed by atoms with E-state index in [1.807, 2.05) is 32.0 Å². The lowest BCUT2D eigenvalue weighted by Crippen LogP contribution is -2.25. The van der Waals surface area contributed by atoms with Crippen LogP contribution in [-0.4, -0.2) is 23.7 Å². The lowest BCUT2D eigenvalue weighted by molar-refractivity contribution is -0.113. The molecule has 1 aromatic carbocycles. The molecule has 0 radical (unpaired) electrons. The molecule has 1 N–H and O–H groups in total. The van der Waals surface area contributed by atoms with Crippen LogP contribution in [0.25, 0.3) is 17.4 Å². The van der Waals surface area contributed by atoms with Gasteiger partial charge in [0.1, 0.15) is 23.2 Å². The lowest BCUT2D eigenvalue weighted by Gasteiger charge is -2.10. The molecule has 0 aliphatic carbocycles. The largest absolute Gasteiger partial charge is 0.465 e. The minimum absolute atomic E-state index is 0.111. The topological polar surface area (TPSA) is 97.3 Å². The zero-order chi connectivity index (χ0) is 21.0. The molecule has 0 bridgehead atoms. The molecular formula is C22H19N3O4. The van der Waals surface area contributed by atoms with E-state index in [9.17, 15) is 14.9 Å². The molecule has 7 nitrogen and oxygen atoms in total. The molecule has 0 spiro atoms. The number of aromatic nitrogens is 1. The van der Waals surface area contributed by atoms with E-state index >= 15 is 0 Å². The Morgan fingerprint density at radius 3 is 2.45 bits per heavy atom. The number of hydrogen-bond acceptors (Lipinski definition) is 5. The number of methoxy groups -OCH3 is 1. The van der Waals surface area contributed by atoms with Gasteiger partial charge >= 0.3 is 5.97 Å². The molecule has 3 aromatic rings. The maximum absolute atomic E-state index is 12.5. The molecule has 146 valence electrons. The summed E-state index contributed by atoms with van der Waals surface area (Å²) in [5.74, 6) is -0.300. The first-order valence-electron chi connectivity index (χ1n) is 8.80. The molecule has 0 unspecified atom stereocenters. The quantitative estimate of drug-likeness (QED) is 0.406. The fourth-order valence-electron chi connectivity index (χ4n) is 2.86. The third kappa shape index (κ3) is 4.12. The summed E-state index contributed by atoms with van der Waals surface area (Å²) in [6.45, 7) is 3.70. The summed E-state index contributed by atoms with van der Waals surface area (Å²) in [6, 6.07) is 15.8. The second-order valence-electron chi connectivity index (χ2n) is 6.30. The summed E-state index contributed by atoms with van der Waals surface area (Å²) in [4.78, 5) is 24.4. The van der Waals surface area contributed by atoms with E-state index in [4.69, 9.17) is 9.15 Å². The smallest absolute Gasteiger partial charge is 0.338 e. The Kier molecular flexibility index (Phi) is 5.65. The molecule has 2 aromatic heterocycles. The number of nitriles is 1. The van der Waals surface area contributed by atoms with Crippen LogP contribution in [0.4, 0.5) is 0 Å². The molecule has 0 aliphatic heterocycles. The van der Waals surface area contributed by atoms with Crippen molar-refractivity contribution in [2.45, 2.75) is 13.8 Å². The molecule has 0 fully saturated rings. The van der Waals surface area contributed by atoms with E-state index in [1.54, 1.807) is 41.1 Å². The summed E-state index contributed by atoms with van der Waals surface area (Å²) in [5, 5.41) is 9.41. The first-order valence-corrected chi connectivity index (χ1v) is 8.80. The van der Waals surface area contributed by atoms with Gasteiger partial charge < -0.3 is 9.15 Å². The van der Waals surface area contributed by atoms with Gasteiger partial charge in [-0.2, -0.15) is 5.26 Å². The van der Waals surface area contributed by atoms with Gasteiger partial charge in [0.15, 0.2) is 0 Å². The van der Waals surface area contributed by atoms with E-state index in [0.717, 1.165) is 11.4 Å². The second-order valence-corrected chi connectivity index (χ2v) is 6.30. The Hall–Kier alpha value is -4.05. The minimum Gasteiger partial charge on any atom is -0.465 e. The number of furan rings is 1. The van der Waals surface area contributed by atoms with Crippen molar-refractivity contribution < 1.29 is 18.7 Å². The fraction of sp³-hybridized carbons (Fsp3) is 0.136. The lowest BCUT2D eigenvalue weighted by atomic mass is 10.1. The number of esters is 1. The standard InChI is InChI=1S/C22H19N3O4/c1-14-8-9-15(2)25(14)24-21(26)16(13-23)12-17-10-11-20(29-17)18-6-4-5-7-19(18)22(27)28-3/h4-12H,1-3H3,(H,24,26)/b16-12-. The third-order valence-electron chi connectivity index (χ3n) is 4.36. The van der Waals surface area contributed by atoms with Crippen LogP contribution in [0.15, 0.2) is 58.5 Å². The van der Waals surface area contributed by atoms with E-state index in [1.165, 1.54) is 13.2 Å². The third-order valence-corrected chi connectivity index (χ3v) is 4.36. The molecule has 2 heterocycles. The zero-order valence-corrected chi connectivity index (χ0v) is 16.2. The molecule has 29 heavy (non-hydrogen) atoms. The van der Waals surface area contributed by atoms with Gasteiger partial charge in [0, 0.05) is 23.0 Å². The average Bonchev–Trinajstić information content (AvgIpc) is 3.33. The van der Waals surface area contributed by atoms with Gasteiger partial charge in [-0.25, -0.2) is 4.79 Å². The average molecular weight is 389 g/mol.